The molecule has 0 aliphatic carbocycles. The second kappa shape index (κ2) is 10.5. The molecule has 0 radical (unpaired) electrons. The van der Waals surface area contributed by atoms with Crippen LogP contribution in [-0.4, -0.2) is 24.6 Å². The third-order valence-electron chi connectivity index (χ3n) is 6.37. The molecule has 0 aromatic heterocycles. The molecule has 36 heavy (non-hydrogen) atoms. The maximum Gasteiger partial charge on any atom is 0.199 e. The molecule has 3 aromatic rings. The number of hydrogen-bond acceptors (Lipinski definition) is 4. The van der Waals surface area contributed by atoms with Gasteiger partial charge in [-0.25, -0.2) is 8.78 Å². The van der Waals surface area contributed by atoms with Gasteiger partial charge >= 0.3 is 0 Å². The van der Waals surface area contributed by atoms with Gasteiger partial charge in [0.1, 0.15) is 35.8 Å². The molecule has 2 aliphatic heterocycles. The van der Waals surface area contributed by atoms with Crippen molar-refractivity contribution in [2.24, 2.45) is 0 Å². The molecule has 0 bridgehead atoms. The average molecular weight is 489 g/mol. The van der Waals surface area contributed by atoms with Crippen molar-refractivity contribution < 1.29 is 28.1 Å². The van der Waals surface area contributed by atoms with Crippen molar-refractivity contribution in [3.05, 3.63) is 94.6 Å². The van der Waals surface area contributed by atoms with E-state index in [1.165, 1.54) is 12.1 Å². The molecule has 6 heteroatoms. The average Bonchev–Trinajstić information content (AvgIpc) is 2.87. The van der Waals surface area contributed by atoms with Crippen LogP contribution in [0.2, 0.25) is 0 Å². The van der Waals surface area contributed by atoms with Crippen LogP contribution in [0.15, 0.2) is 60.7 Å². The van der Waals surface area contributed by atoms with E-state index in [2.05, 4.69) is 11.8 Å². The van der Waals surface area contributed by atoms with E-state index in [-0.39, 0.29) is 12.9 Å². The van der Waals surface area contributed by atoms with E-state index in [0.29, 0.717) is 29.2 Å². The molecule has 5 rings (SSSR count). The fraction of sp³-hybridized carbons (Fsp3) is 0.267. The normalized spacial score (nSPS) is 19.1. The summed E-state index contributed by atoms with van der Waals surface area (Å²) in [7, 11) is 0. The van der Waals surface area contributed by atoms with E-state index in [0.717, 1.165) is 47.6 Å². The molecule has 2 atom stereocenters. The summed E-state index contributed by atoms with van der Waals surface area (Å²) in [5, 5.41) is 8.96. The molecule has 3 aromatic carbocycles. The number of allylic oxidation sites excluding steroid dienone is 1. The monoisotopic (exact) mass is 488 g/mol. The summed E-state index contributed by atoms with van der Waals surface area (Å²) in [5.74, 6) is 5.46. The van der Waals surface area contributed by atoms with Gasteiger partial charge in [0.25, 0.3) is 0 Å². The smallest absolute Gasteiger partial charge is 0.199 e. The minimum absolute atomic E-state index is 0.224. The quantitative estimate of drug-likeness (QED) is 0.439. The van der Waals surface area contributed by atoms with Gasteiger partial charge in [-0.3, -0.25) is 0 Å². The van der Waals surface area contributed by atoms with Crippen molar-refractivity contribution in [3.63, 3.8) is 0 Å². The van der Waals surface area contributed by atoms with Crippen molar-refractivity contribution in [3.8, 4) is 23.3 Å². The third-order valence-corrected chi connectivity index (χ3v) is 6.37. The summed E-state index contributed by atoms with van der Waals surface area (Å²) in [5.41, 5.74) is 4.33. The van der Waals surface area contributed by atoms with E-state index >= 15 is 0 Å². The minimum atomic E-state index is -0.652. The van der Waals surface area contributed by atoms with Gasteiger partial charge in [-0.2, -0.15) is 0 Å². The standard InChI is InChI=1S/C30H26F2O4/c1-19-26-12-11-25(35-28-6-2-3-14-34-28)18-27(26)36-30(21-9-7-20(8-10-21)5-4-13-33)29(19)22-15-23(31)17-24(32)16-22/h7-12,15-18,28,30,33H,2-3,6,13-14H2,1H3. The molecule has 0 amide bonds. The maximum atomic E-state index is 14.2. The van der Waals surface area contributed by atoms with Crippen LogP contribution in [0, 0.1) is 23.5 Å². The number of halogens is 2. The summed E-state index contributed by atoms with van der Waals surface area (Å²) in [6.45, 7) is 2.39. The van der Waals surface area contributed by atoms with Gasteiger partial charge in [0.05, 0.1) is 6.61 Å². The SMILES string of the molecule is CC1=C(c2cc(F)cc(F)c2)C(c2ccc(C#CCO)cc2)Oc2cc(OC3CCCCO3)ccc21. The zero-order valence-electron chi connectivity index (χ0n) is 19.9. The van der Waals surface area contributed by atoms with E-state index < -0.39 is 17.7 Å². The van der Waals surface area contributed by atoms with Crippen molar-refractivity contribution in [1.29, 1.82) is 0 Å². The fourth-order valence-electron chi connectivity index (χ4n) is 4.66. The maximum absolute atomic E-state index is 14.2. The number of aliphatic hydroxyl groups is 1. The largest absolute Gasteiger partial charge is 0.480 e. The highest BCUT2D eigenvalue weighted by molar-refractivity contribution is 5.95. The van der Waals surface area contributed by atoms with E-state index in [9.17, 15) is 8.78 Å². The highest BCUT2D eigenvalue weighted by Crippen LogP contribution is 2.47. The fourth-order valence-corrected chi connectivity index (χ4v) is 4.66. The molecule has 2 aliphatic rings. The predicted molar refractivity (Wildman–Crippen MR) is 133 cm³/mol. The van der Waals surface area contributed by atoms with Crippen LogP contribution in [0.25, 0.3) is 11.1 Å². The highest BCUT2D eigenvalue weighted by Gasteiger charge is 2.30. The number of fused-ring (bicyclic) bond motifs is 1. The lowest BCUT2D eigenvalue weighted by Gasteiger charge is -2.32. The van der Waals surface area contributed by atoms with Gasteiger partial charge in [0.2, 0.25) is 0 Å². The van der Waals surface area contributed by atoms with Crippen LogP contribution in [0.4, 0.5) is 8.78 Å². The second-order valence-electron chi connectivity index (χ2n) is 8.85. The molecular weight excluding hydrogens is 462 g/mol. The Morgan fingerprint density at radius 2 is 1.78 bits per heavy atom. The molecule has 2 unspecified atom stereocenters. The number of aliphatic hydroxyl groups excluding tert-OH is 1. The molecular formula is C30H26F2O4. The first-order valence-corrected chi connectivity index (χ1v) is 12.0. The Kier molecular flexibility index (Phi) is 7.04. The summed E-state index contributed by atoms with van der Waals surface area (Å²) in [6.07, 6.45) is 2.03. The van der Waals surface area contributed by atoms with Crippen LogP contribution < -0.4 is 9.47 Å². The van der Waals surface area contributed by atoms with Crippen LogP contribution in [0.3, 0.4) is 0 Å². The lowest BCUT2D eigenvalue weighted by atomic mass is 9.86. The van der Waals surface area contributed by atoms with Gasteiger partial charge in [-0.15, -0.1) is 0 Å². The second-order valence-corrected chi connectivity index (χ2v) is 8.85. The molecule has 0 spiro atoms. The van der Waals surface area contributed by atoms with Crippen LogP contribution in [0.5, 0.6) is 11.5 Å². The van der Waals surface area contributed by atoms with Crippen molar-refractivity contribution >= 4 is 11.1 Å². The van der Waals surface area contributed by atoms with Gasteiger partial charge in [-0.05, 0) is 72.9 Å². The van der Waals surface area contributed by atoms with E-state index in [1.54, 1.807) is 0 Å². The Morgan fingerprint density at radius 1 is 1.00 bits per heavy atom. The third kappa shape index (κ3) is 5.13. The Balaban J connectivity index is 1.57. The highest BCUT2D eigenvalue weighted by atomic mass is 19.1. The minimum Gasteiger partial charge on any atom is -0.480 e. The zero-order chi connectivity index (χ0) is 25.1. The summed E-state index contributed by atoms with van der Waals surface area (Å²) < 4.78 is 46.7. The van der Waals surface area contributed by atoms with Crippen molar-refractivity contribution in [2.45, 2.75) is 38.6 Å². The summed E-state index contributed by atoms with van der Waals surface area (Å²) >= 11 is 0. The molecule has 184 valence electrons. The van der Waals surface area contributed by atoms with E-state index in [1.807, 2.05) is 49.4 Å². The van der Waals surface area contributed by atoms with Gasteiger partial charge in [0, 0.05) is 35.3 Å². The lowest BCUT2D eigenvalue weighted by molar-refractivity contribution is -0.105. The first-order valence-electron chi connectivity index (χ1n) is 12.0. The lowest BCUT2D eigenvalue weighted by Crippen LogP contribution is -2.25. The molecule has 4 nitrogen and oxygen atoms in total. The molecule has 0 saturated carbocycles. The number of benzene rings is 3. The Morgan fingerprint density at radius 3 is 2.47 bits per heavy atom. The van der Waals surface area contributed by atoms with Gasteiger partial charge in [0.15, 0.2) is 6.29 Å². The molecule has 1 fully saturated rings. The molecule has 1 saturated heterocycles. The van der Waals surface area contributed by atoms with Crippen molar-refractivity contribution in [2.75, 3.05) is 13.2 Å². The van der Waals surface area contributed by atoms with Gasteiger partial charge in [-0.1, -0.05) is 24.0 Å². The van der Waals surface area contributed by atoms with Gasteiger partial charge < -0.3 is 19.3 Å². The molecule has 1 N–H and O–H groups in total. The number of rotatable bonds is 4. The number of hydrogen-bond donors (Lipinski definition) is 1. The predicted octanol–water partition coefficient (Wildman–Crippen LogP) is 6.28. The Bertz CT molecular complexity index is 1330. The Labute approximate surface area is 209 Å². The van der Waals surface area contributed by atoms with Crippen LogP contribution in [0.1, 0.15) is 54.5 Å². The zero-order valence-corrected chi connectivity index (χ0v) is 19.9. The molecule has 2 heterocycles. The van der Waals surface area contributed by atoms with Crippen molar-refractivity contribution in [1.82, 2.24) is 0 Å². The summed E-state index contributed by atoms with van der Waals surface area (Å²) in [4.78, 5) is 0. The topological polar surface area (TPSA) is 47.9 Å². The van der Waals surface area contributed by atoms with Crippen LogP contribution in [-0.2, 0) is 4.74 Å². The van der Waals surface area contributed by atoms with Crippen LogP contribution >= 0.6 is 0 Å². The Hall–Kier alpha value is -3.66. The first kappa shape index (κ1) is 24.1. The van der Waals surface area contributed by atoms with E-state index in [4.69, 9.17) is 19.3 Å². The number of ether oxygens (including phenoxy) is 3. The summed E-state index contributed by atoms with van der Waals surface area (Å²) in [6, 6.07) is 16.5. The first-order chi connectivity index (χ1) is 17.5.